The second kappa shape index (κ2) is 12.3. The van der Waals surface area contributed by atoms with Gasteiger partial charge in [-0.1, -0.05) is 32.4 Å². The minimum atomic E-state index is -2.26. The van der Waals surface area contributed by atoms with E-state index < -0.39 is 31.9 Å². The number of nitrogens with one attached hydrogen (secondary N) is 2. The van der Waals surface area contributed by atoms with Crippen LogP contribution >= 0.6 is 11.6 Å². The quantitative estimate of drug-likeness (QED) is 0.221. The van der Waals surface area contributed by atoms with Gasteiger partial charge in [-0.15, -0.1) is 0 Å². The van der Waals surface area contributed by atoms with Crippen molar-refractivity contribution in [3.05, 3.63) is 76.6 Å². The molecule has 2 atom stereocenters. The summed E-state index contributed by atoms with van der Waals surface area (Å²) in [4.78, 5) is 42.3. The zero-order chi connectivity index (χ0) is 32.6. The Hall–Kier alpha value is -3.73. The summed E-state index contributed by atoms with van der Waals surface area (Å²) in [5, 5.41) is 15.4. The molecular weight excluding hydrogens is 598 g/mol. The first-order chi connectivity index (χ1) is 20.3. The number of halogens is 1. The molecule has 1 aliphatic rings. The van der Waals surface area contributed by atoms with Crippen LogP contribution in [-0.2, 0) is 14.0 Å². The van der Waals surface area contributed by atoms with Crippen LogP contribution in [-0.4, -0.2) is 42.0 Å². The van der Waals surface area contributed by atoms with Gasteiger partial charge < -0.3 is 19.6 Å². The number of fused-ring (bicyclic) bond motifs is 1. The van der Waals surface area contributed by atoms with Gasteiger partial charge in [0.15, 0.2) is 8.32 Å². The molecular formula is C33H40ClN3O6Si. The first-order valence-electron chi connectivity index (χ1n) is 14.5. The molecule has 44 heavy (non-hydrogen) atoms. The summed E-state index contributed by atoms with van der Waals surface area (Å²) in [5.74, 6) is -1.89. The Morgan fingerprint density at radius 2 is 1.64 bits per heavy atom. The first kappa shape index (κ1) is 33.2. The molecule has 0 saturated carbocycles. The van der Waals surface area contributed by atoms with Gasteiger partial charge in [0.1, 0.15) is 5.60 Å². The number of carbonyl (C=O) groups excluding carboxylic acids is 2. The standard InChI is InChI=1S/C33H40ClN3O6Si/c1-32(2,3)42-31(41)37-26-14-11-21(34)16-23(26)20-15-24-27(43-44(7,8)33(4,5)6)17-25(28(24)35-18-20)29(38)36-22-12-9-19(10-13-22)30(39)40/h9-16,18,25,27H,17H2,1-8H3,(H,36,38)(H,37,41)(H,39,40). The lowest BCUT2D eigenvalue weighted by atomic mass is 10.0. The van der Waals surface area contributed by atoms with Crippen molar-refractivity contribution < 1.29 is 28.7 Å². The van der Waals surface area contributed by atoms with Crippen molar-refractivity contribution in [2.45, 2.75) is 83.7 Å². The molecule has 2 aromatic carbocycles. The van der Waals surface area contributed by atoms with Gasteiger partial charge in [-0.25, -0.2) is 9.59 Å². The summed E-state index contributed by atoms with van der Waals surface area (Å²) in [6, 6.07) is 13.1. The van der Waals surface area contributed by atoms with E-state index in [1.54, 1.807) is 57.3 Å². The maximum absolute atomic E-state index is 13.6. The predicted molar refractivity (Wildman–Crippen MR) is 175 cm³/mol. The normalized spacial score (nSPS) is 16.7. The zero-order valence-electron chi connectivity index (χ0n) is 26.4. The average molecular weight is 638 g/mol. The molecule has 0 bridgehead atoms. The van der Waals surface area contributed by atoms with Gasteiger partial charge in [0.05, 0.1) is 29.0 Å². The average Bonchev–Trinajstić information content (AvgIpc) is 3.25. The van der Waals surface area contributed by atoms with Crippen LogP contribution < -0.4 is 10.6 Å². The third-order valence-corrected chi connectivity index (χ3v) is 12.7. The maximum Gasteiger partial charge on any atom is 0.412 e. The molecule has 11 heteroatoms. The number of anilines is 2. The van der Waals surface area contributed by atoms with E-state index in [-0.39, 0.29) is 22.6 Å². The molecule has 2 unspecified atom stereocenters. The third kappa shape index (κ3) is 7.67. The Balaban J connectivity index is 1.72. The second-order valence-electron chi connectivity index (χ2n) is 13.5. The Kier molecular flexibility index (Phi) is 9.30. The van der Waals surface area contributed by atoms with E-state index in [4.69, 9.17) is 25.7 Å². The van der Waals surface area contributed by atoms with Gasteiger partial charge >= 0.3 is 12.1 Å². The fraction of sp³-hybridized carbons (Fsp3) is 0.394. The minimum Gasteiger partial charge on any atom is -0.478 e. The summed E-state index contributed by atoms with van der Waals surface area (Å²) in [6.45, 7) is 16.2. The summed E-state index contributed by atoms with van der Waals surface area (Å²) in [5.41, 5.74) is 3.22. The van der Waals surface area contributed by atoms with Crippen molar-refractivity contribution in [3.63, 3.8) is 0 Å². The molecule has 1 heterocycles. The molecule has 3 aromatic rings. The van der Waals surface area contributed by atoms with E-state index in [1.165, 1.54) is 12.1 Å². The number of benzene rings is 2. The number of ether oxygens (including phenoxy) is 1. The molecule has 1 aromatic heterocycles. The molecule has 2 amide bonds. The summed E-state index contributed by atoms with van der Waals surface area (Å²) in [6.07, 6.45) is 1.09. The molecule has 9 nitrogen and oxygen atoms in total. The van der Waals surface area contributed by atoms with Crippen LogP contribution in [0.1, 0.15) is 81.6 Å². The van der Waals surface area contributed by atoms with E-state index in [1.807, 2.05) is 6.07 Å². The number of nitrogens with zero attached hydrogens (tertiary/aromatic N) is 1. The Bertz CT molecular complexity index is 1580. The number of aromatic carboxylic acids is 1. The minimum absolute atomic E-state index is 0.0676. The Labute approximate surface area is 264 Å². The topological polar surface area (TPSA) is 127 Å². The molecule has 1 aliphatic carbocycles. The van der Waals surface area contributed by atoms with Gasteiger partial charge in [0.2, 0.25) is 5.91 Å². The molecule has 0 radical (unpaired) electrons. The number of carboxylic acid groups (broad SMARTS) is 1. The largest absolute Gasteiger partial charge is 0.478 e. The SMILES string of the molecule is CC(C)(C)OC(=O)Nc1ccc(Cl)cc1-c1cnc2c(c1)C(O[Si](C)(C)C(C)(C)C)CC2C(=O)Nc1ccc(C(=O)O)cc1. The monoisotopic (exact) mass is 637 g/mol. The Morgan fingerprint density at radius 1 is 0.977 bits per heavy atom. The fourth-order valence-electron chi connectivity index (χ4n) is 4.72. The van der Waals surface area contributed by atoms with E-state index in [2.05, 4.69) is 44.5 Å². The lowest BCUT2D eigenvalue weighted by Crippen LogP contribution is -2.41. The van der Waals surface area contributed by atoms with Gasteiger partial charge in [0, 0.05) is 33.6 Å². The highest BCUT2D eigenvalue weighted by Gasteiger charge is 2.44. The number of aromatic nitrogens is 1. The maximum atomic E-state index is 13.6. The number of hydrogen-bond acceptors (Lipinski definition) is 6. The van der Waals surface area contributed by atoms with Crippen LogP contribution in [0.25, 0.3) is 11.1 Å². The number of carboxylic acids is 1. The van der Waals surface area contributed by atoms with Crippen molar-refractivity contribution >= 4 is 49.3 Å². The highest BCUT2D eigenvalue weighted by molar-refractivity contribution is 6.74. The van der Waals surface area contributed by atoms with Crippen LogP contribution in [0.3, 0.4) is 0 Å². The molecule has 0 fully saturated rings. The van der Waals surface area contributed by atoms with Crippen LogP contribution in [0.4, 0.5) is 16.2 Å². The lowest BCUT2D eigenvalue weighted by Gasteiger charge is -2.38. The fourth-order valence-corrected chi connectivity index (χ4v) is 6.18. The third-order valence-electron chi connectivity index (χ3n) is 7.96. The molecule has 3 N–H and O–H groups in total. The van der Waals surface area contributed by atoms with Crippen LogP contribution in [0.15, 0.2) is 54.7 Å². The summed E-state index contributed by atoms with van der Waals surface area (Å²) in [7, 11) is -2.26. The number of hydrogen-bond donors (Lipinski definition) is 3. The zero-order valence-corrected chi connectivity index (χ0v) is 28.1. The van der Waals surface area contributed by atoms with E-state index in [9.17, 15) is 19.5 Å². The van der Waals surface area contributed by atoms with Crippen LogP contribution in [0.2, 0.25) is 23.2 Å². The van der Waals surface area contributed by atoms with Crippen molar-refractivity contribution in [2.75, 3.05) is 10.6 Å². The predicted octanol–water partition coefficient (Wildman–Crippen LogP) is 8.64. The van der Waals surface area contributed by atoms with Gasteiger partial charge in [-0.05, 0) is 93.9 Å². The summed E-state index contributed by atoms with van der Waals surface area (Å²) < 4.78 is 12.3. The van der Waals surface area contributed by atoms with Crippen molar-refractivity contribution in [1.29, 1.82) is 0 Å². The van der Waals surface area contributed by atoms with Gasteiger partial charge in [-0.2, -0.15) is 0 Å². The van der Waals surface area contributed by atoms with Gasteiger partial charge in [0.25, 0.3) is 0 Å². The van der Waals surface area contributed by atoms with Crippen molar-refractivity contribution in [3.8, 4) is 11.1 Å². The molecule has 0 spiro atoms. The van der Waals surface area contributed by atoms with Crippen LogP contribution in [0, 0.1) is 0 Å². The molecule has 4 rings (SSSR count). The second-order valence-corrected chi connectivity index (χ2v) is 18.7. The number of pyridine rings is 1. The number of rotatable bonds is 7. The number of amides is 2. The highest BCUT2D eigenvalue weighted by atomic mass is 35.5. The smallest absolute Gasteiger partial charge is 0.412 e. The molecule has 234 valence electrons. The van der Waals surface area contributed by atoms with Gasteiger partial charge in [-0.3, -0.25) is 15.1 Å². The van der Waals surface area contributed by atoms with E-state index in [0.29, 0.717) is 39.6 Å². The van der Waals surface area contributed by atoms with E-state index >= 15 is 0 Å². The summed E-state index contributed by atoms with van der Waals surface area (Å²) >= 11 is 6.39. The first-order valence-corrected chi connectivity index (χ1v) is 17.7. The number of carbonyl (C=O) groups is 3. The molecule has 0 saturated heterocycles. The Morgan fingerprint density at radius 3 is 2.23 bits per heavy atom. The van der Waals surface area contributed by atoms with Crippen molar-refractivity contribution in [1.82, 2.24) is 4.98 Å². The highest BCUT2D eigenvalue weighted by Crippen LogP contribution is 2.48. The van der Waals surface area contributed by atoms with E-state index in [0.717, 1.165) is 5.56 Å². The van der Waals surface area contributed by atoms with Crippen molar-refractivity contribution in [2.24, 2.45) is 0 Å². The molecule has 0 aliphatic heterocycles. The lowest BCUT2D eigenvalue weighted by molar-refractivity contribution is -0.118. The van der Waals surface area contributed by atoms with Crippen LogP contribution in [0.5, 0.6) is 0 Å².